The van der Waals surface area contributed by atoms with E-state index in [-0.39, 0.29) is 37.5 Å². The lowest BCUT2D eigenvalue weighted by molar-refractivity contribution is 0.0920. The summed E-state index contributed by atoms with van der Waals surface area (Å²) in [7, 11) is -1.00. The van der Waals surface area contributed by atoms with Crippen molar-refractivity contribution < 1.29 is 24.8 Å². The van der Waals surface area contributed by atoms with E-state index in [0.29, 0.717) is 28.8 Å². The van der Waals surface area contributed by atoms with E-state index in [1.165, 1.54) is 0 Å². The molecule has 0 aliphatic carbocycles. The van der Waals surface area contributed by atoms with Crippen molar-refractivity contribution >= 4 is 68.2 Å². The molecule has 322 valence electrons. The lowest BCUT2D eigenvalue weighted by atomic mass is 10.1. The molecule has 1 N–H and O–H groups in total. The molecule has 14 heteroatoms. The number of nitrogens with one attached hydrogen (secondary N) is 1. The molecule has 4 aromatic carbocycles. The highest BCUT2D eigenvalue weighted by molar-refractivity contribution is 7.80. The van der Waals surface area contributed by atoms with Crippen LogP contribution in [0.3, 0.4) is 0 Å². The number of ether oxygens (including phenoxy) is 2. The summed E-state index contributed by atoms with van der Waals surface area (Å²) in [6.45, 7) is 1.82. The van der Waals surface area contributed by atoms with Gasteiger partial charge in [-0.3, -0.25) is 24.2 Å². The number of hydrogen-bond donors (Lipinski definition) is 1. The predicted octanol–water partition coefficient (Wildman–Crippen LogP) is 12.4. The Hall–Kier alpha value is -6.28. The summed E-state index contributed by atoms with van der Waals surface area (Å²) in [4.78, 5) is 43.1. The quantitative estimate of drug-likeness (QED) is 0.142. The fraction of sp³-hybridized carbons (Fsp3) is 0.224. The zero-order valence-corrected chi connectivity index (χ0v) is 36.7. The topological polar surface area (TPSA) is 110 Å². The third kappa shape index (κ3) is 11.2. The number of amides is 2. The zero-order valence-electron chi connectivity index (χ0n) is 35.3. The maximum absolute atomic E-state index is 12.8. The van der Waals surface area contributed by atoms with E-state index in [1.807, 2.05) is 126 Å². The van der Waals surface area contributed by atoms with E-state index in [9.17, 15) is 14.0 Å². The van der Waals surface area contributed by atoms with Crippen LogP contribution in [0.2, 0.25) is 5.02 Å². The van der Waals surface area contributed by atoms with Gasteiger partial charge in [0, 0.05) is 49.0 Å². The molecule has 7 aromatic rings. The van der Waals surface area contributed by atoms with Gasteiger partial charge in [-0.2, -0.15) is 0 Å². The molecular weight excluding hydrogens is 855 g/mol. The molecular formula is C49H46ClFN6O4S2. The Morgan fingerprint density at radius 3 is 1.89 bits per heavy atom. The third-order valence-corrected chi connectivity index (χ3v) is 12.4. The summed E-state index contributed by atoms with van der Waals surface area (Å²) in [5, 5.41) is 4.71. The largest absolute Gasteiger partial charge is 0.445 e. The monoisotopic (exact) mass is 901 g/mol. The smallest absolute Gasteiger partial charge is 0.410 e. The van der Waals surface area contributed by atoms with Crippen LogP contribution < -0.4 is 5.32 Å². The van der Waals surface area contributed by atoms with Gasteiger partial charge in [-0.25, -0.2) is 14.6 Å². The van der Waals surface area contributed by atoms with E-state index in [4.69, 9.17) is 39.6 Å². The first kappa shape index (κ1) is 43.4. The number of thiocarbonyl (C=S) groups is 1. The van der Waals surface area contributed by atoms with Crippen LogP contribution >= 0.6 is 35.2 Å². The molecule has 2 aliphatic heterocycles. The van der Waals surface area contributed by atoms with Gasteiger partial charge in [0.15, 0.2) is 0 Å². The fourth-order valence-corrected chi connectivity index (χ4v) is 9.21. The summed E-state index contributed by atoms with van der Waals surface area (Å²) in [5.41, 5.74) is 7.52. The summed E-state index contributed by atoms with van der Waals surface area (Å²) in [6, 6.07) is 39.1. The number of benzene rings is 4. The normalized spacial score (nSPS) is 15.6. The molecule has 5 heterocycles. The number of halogens is 2. The fourth-order valence-electron chi connectivity index (χ4n) is 7.55. The van der Waals surface area contributed by atoms with E-state index < -0.39 is 7.15 Å². The molecule has 0 bridgehead atoms. The number of carbonyl (C=O) groups is 2. The van der Waals surface area contributed by atoms with Crippen molar-refractivity contribution in [3.63, 3.8) is 0 Å². The molecule has 63 heavy (non-hydrogen) atoms. The maximum Gasteiger partial charge on any atom is 0.410 e. The standard InChI is InChI=1S/C24H22ClN3O2S.C24H21N3O2S.CH3F/c25-20-15-26-14-19(18-10-5-2-6-11-18)22(20)27-23(31)21-12-7-13-28(21)24(29)30-16-17-8-3-1-4-9-17;28-24(29-16-17-8-3-1-4-9-17)27-13-7-12-20(27)23-26-22-19(14-25-15-21(22)30-23)18-10-5-2-6-11-18;1-2/h1-6,8-11,14-15,21H,7,12-13,16H2,(H,26,27,31);1-6,8-11,14-15,20H,7,12-13,16H2;1H3/t21-;20-;/m00./s1/i;;1D. The lowest BCUT2D eigenvalue weighted by Crippen LogP contribution is -2.42. The van der Waals surface area contributed by atoms with Crippen molar-refractivity contribution in [1.29, 1.82) is 0 Å². The Morgan fingerprint density at radius 2 is 1.27 bits per heavy atom. The minimum absolute atomic E-state index is 0.0469. The van der Waals surface area contributed by atoms with Gasteiger partial charge < -0.3 is 14.8 Å². The molecule has 0 unspecified atom stereocenters. The Morgan fingerprint density at radius 1 is 0.762 bits per heavy atom. The van der Waals surface area contributed by atoms with Crippen molar-refractivity contribution in [2.75, 3.05) is 25.6 Å². The van der Waals surface area contributed by atoms with Crippen LogP contribution in [0.1, 0.15) is 49.2 Å². The first-order valence-electron chi connectivity index (χ1n) is 21.1. The minimum Gasteiger partial charge on any atom is -0.445 e. The Balaban J connectivity index is 0.000000181. The van der Waals surface area contributed by atoms with Gasteiger partial charge in [0.25, 0.3) is 0 Å². The molecule has 0 spiro atoms. The second-order valence-electron chi connectivity index (χ2n) is 14.6. The van der Waals surface area contributed by atoms with Gasteiger partial charge in [0.05, 0.1) is 41.5 Å². The van der Waals surface area contributed by atoms with Crippen LogP contribution in [-0.2, 0) is 22.7 Å². The zero-order chi connectivity index (χ0) is 44.7. The average molecular weight is 903 g/mol. The Bertz CT molecular complexity index is 2620. The number of aromatic nitrogens is 3. The molecule has 2 fully saturated rings. The summed E-state index contributed by atoms with van der Waals surface area (Å²) in [6.07, 6.45) is 9.91. The molecule has 2 saturated heterocycles. The van der Waals surface area contributed by atoms with E-state index >= 15 is 0 Å². The maximum atomic E-state index is 12.8. The molecule has 2 amide bonds. The first-order chi connectivity index (χ1) is 31.3. The van der Waals surface area contributed by atoms with Crippen LogP contribution in [0.5, 0.6) is 0 Å². The van der Waals surface area contributed by atoms with Crippen LogP contribution in [0.25, 0.3) is 32.5 Å². The number of nitrogens with zero attached hydrogens (tertiary/aromatic N) is 5. The minimum atomic E-state index is -1.00. The van der Waals surface area contributed by atoms with Crippen molar-refractivity contribution in [3.05, 3.63) is 167 Å². The number of hydrogen-bond acceptors (Lipinski definition) is 9. The Kier molecular flexibility index (Phi) is 15.3. The average Bonchev–Trinajstić information content (AvgIpc) is 4.13. The third-order valence-electron chi connectivity index (χ3n) is 10.6. The van der Waals surface area contributed by atoms with Gasteiger partial charge in [-0.1, -0.05) is 145 Å². The van der Waals surface area contributed by atoms with Crippen molar-refractivity contribution in [2.24, 2.45) is 0 Å². The highest BCUT2D eigenvalue weighted by Gasteiger charge is 2.35. The van der Waals surface area contributed by atoms with Crippen molar-refractivity contribution in [2.45, 2.75) is 51.0 Å². The molecule has 2 atom stereocenters. The van der Waals surface area contributed by atoms with Crippen LogP contribution in [0.15, 0.2) is 146 Å². The number of rotatable bonds is 9. The molecule has 0 radical (unpaired) electrons. The number of carbonyl (C=O) groups excluding carboxylic acids is 2. The van der Waals surface area contributed by atoms with Gasteiger partial charge in [0.2, 0.25) is 0 Å². The van der Waals surface area contributed by atoms with Gasteiger partial charge >= 0.3 is 12.2 Å². The SMILES string of the molecule is O=C(OCc1ccccc1)N1CCC[C@H]1C(=S)Nc1c(Cl)cncc1-c1ccccc1.O=C(OCc1ccccc1)N1CCC[C@H]1c1nc2c(-c3ccccc3)cncc2s1.[2H]CF. The van der Waals surface area contributed by atoms with Gasteiger partial charge in [-0.05, 0) is 47.9 Å². The number of alkyl halides is 1. The number of pyridine rings is 2. The molecule has 0 saturated carbocycles. The summed E-state index contributed by atoms with van der Waals surface area (Å²) < 4.78 is 27.6. The van der Waals surface area contributed by atoms with Crippen LogP contribution in [-0.4, -0.2) is 68.2 Å². The molecule has 10 nitrogen and oxygen atoms in total. The lowest BCUT2D eigenvalue weighted by Gasteiger charge is -2.26. The van der Waals surface area contributed by atoms with E-state index in [1.54, 1.807) is 28.6 Å². The van der Waals surface area contributed by atoms with Crippen LogP contribution in [0, 0.1) is 0 Å². The summed E-state index contributed by atoms with van der Waals surface area (Å²) >= 11 is 13.8. The Labute approximate surface area is 382 Å². The highest BCUT2D eigenvalue weighted by atomic mass is 35.5. The second-order valence-corrected chi connectivity index (χ2v) is 16.5. The number of likely N-dealkylation sites (tertiary alicyclic amines) is 2. The first-order valence-corrected chi connectivity index (χ1v) is 22.0. The van der Waals surface area contributed by atoms with Crippen molar-refractivity contribution in [1.82, 2.24) is 24.8 Å². The number of thiazole rings is 1. The second kappa shape index (κ2) is 22.2. The van der Waals surface area contributed by atoms with E-state index in [2.05, 4.69) is 27.4 Å². The predicted molar refractivity (Wildman–Crippen MR) is 252 cm³/mol. The molecule has 2 aliphatic rings. The summed E-state index contributed by atoms with van der Waals surface area (Å²) in [5.74, 6) is 0. The van der Waals surface area contributed by atoms with Gasteiger partial charge in [-0.15, -0.1) is 11.3 Å². The van der Waals surface area contributed by atoms with E-state index in [0.717, 1.165) is 74.3 Å². The number of anilines is 1. The van der Waals surface area contributed by atoms with Crippen molar-refractivity contribution in [3.8, 4) is 22.3 Å². The van der Waals surface area contributed by atoms with Gasteiger partial charge in [0.1, 0.15) is 23.2 Å². The molecule has 3 aromatic heterocycles. The van der Waals surface area contributed by atoms with Crippen LogP contribution in [0.4, 0.5) is 19.7 Å². The molecule has 9 rings (SSSR count). The number of fused-ring (bicyclic) bond motifs is 1. The highest BCUT2D eigenvalue weighted by Crippen LogP contribution is 2.39.